The van der Waals surface area contributed by atoms with Crippen molar-refractivity contribution in [1.82, 2.24) is 5.32 Å². The maximum Gasteiger partial charge on any atom is 0.407 e. The summed E-state index contributed by atoms with van der Waals surface area (Å²) in [5, 5.41) is 3.47. The first kappa shape index (κ1) is 15.8. The first-order chi connectivity index (χ1) is 8.86. The van der Waals surface area contributed by atoms with Gasteiger partial charge in [0.25, 0.3) is 0 Å². The minimum absolute atomic E-state index is 0.121. The van der Waals surface area contributed by atoms with E-state index in [0.29, 0.717) is 11.6 Å². The van der Waals surface area contributed by atoms with Crippen LogP contribution in [0.5, 0.6) is 0 Å². The highest BCUT2D eigenvalue weighted by Crippen LogP contribution is 2.29. The predicted octanol–water partition coefficient (Wildman–Crippen LogP) is 4.14. The molecule has 0 fully saturated rings. The number of carbonyl (C=O) groups excluding carboxylic acids is 1. The van der Waals surface area contributed by atoms with Crippen LogP contribution in [0.25, 0.3) is 0 Å². The van der Waals surface area contributed by atoms with Gasteiger partial charge in [0.1, 0.15) is 6.61 Å². The van der Waals surface area contributed by atoms with E-state index in [1.165, 1.54) is 0 Å². The zero-order valence-corrected chi connectivity index (χ0v) is 12.8. The number of ether oxygens (including phenoxy) is 1. The van der Waals surface area contributed by atoms with E-state index in [1.54, 1.807) is 0 Å². The molecule has 1 aromatic carbocycles. The van der Waals surface area contributed by atoms with Gasteiger partial charge in [0.2, 0.25) is 0 Å². The molecule has 19 heavy (non-hydrogen) atoms. The molecule has 1 atom stereocenters. The third-order valence-corrected chi connectivity index (χ3v) is 3.47. The molecule has 106 valence electrons. The van der Waals surface area contributed by atoms with Crippen LogP contribution >= 0.6 is 11.6 Å². The molecule has 0 saturated heterocycles. The number of nitrogens with one attached hydrogen (secondary N) is 1. The molecule has 0 aromatic heterocycles. The highest BCUT2D eigenvalue weighted by atomic mass is 35.5. The van der Waals surface area contributed by atoms with Crippen LogP contribution in [0.2, 0.25) is 5.02 Å². The van der Waals surface area contributed by atoms with Crippen LogP contribution < -0.4 is 5.32 Å². The van der Waals surface area contributed by atoms with Gasteiger partial charge in [-0.15, -0.1) is 0 Å². The molecule has 0 saturated carbocycles. The summed E-state index contributed by atoms with van der Waals surface area (Å²) in [4.78, 5) is 11.6. The minimum Gasteiger partial charge on any atom is -0.449 e. The Morgan fingerprint density at radius 1 is 1.42 bits per heavy atom. The van der Waals surface area contributed by atoms with Crippen LogP contribution in [0.15, 0.2) is 24.3 Å². The molecule has 1 unspecified atom stereocenters. The summed E-state index contributed by atoms with van der Waals surface area (Å²) in [5.74, 6) is 0. The van der Waals surface area contributed by atoms with Crippen LogP contribution in [0.1, 0.15) is 39.7 Å². The Kier molecular flexibility index (Phi) is 5.67. The fourth-order valence-electron chi connectivity index (χ4n) is 1.68. The van der Waals surface area contributed by atoms with Gasteiger partial charge >= 0.3 is 6.09 Å². The largest absolute Gasteiger partial charge is 0.449 e. The number of amides is 1. The summed E-state index contributed by atoms with van der Waals surface area (Å²) in [5.41, 5.74) is 0.665. The zero-order valence-electron chi connectivity index (χ0n) is 12.0. The molecule has 0 aliphatic heterocycles. The maximum atomic E-state index is 11.6. The second-order valence-corrected chi connectivity index (χ2v) is 5.80. The predicted molar refractivity (Wildman–Crippen MR) is 78.7 cm³/mol. The number of hydrogen-bond acceptors (Lipinski definition) is 2. The molecular formula is C15H22ClNO2. The standard InChI is InChI=1S/C15H22ClNO2/c1-5-11(2)17-14(18)19-10-15(3,4)12-8-6-7-9-13(12)16/h6-9,11H,5,10H2,1-4H3,(H,17,18). The van der Waals surface area contributed by atoms with E-state index in [1.807, 2.05) is 52.0 Å². The molecular weight excluding hydrogens is 262 g/mol. The van der Waals surface area contributed by atoms with E-state index in [0.717, 1.165) is 12.0 Å². The summed E-state index contributed by atoms with van der Waals surface area (Å²) in [6.07, 6.45) is 0.498. The summed E-state index contributed by atoms with van der Waals surface area (Å²) < 4.78 is 5.28. The van der Waals surface area contributed by atoms with Crippen LogP contribution in [-0.2, 0) is 10.2 Å². The smallest absolute Gasteiger partial charge is 0.407 e. The third-order valence-electron chi connectivity index (χ3n) is 3.14. The zero-order chi connectivity index (χ0) is 14.5. The van der Waals surface area contributed by atoms with Crippen LogP contribution in [-0.4, -0.2) is 18.7 Å². The van der Waals surface area contributed by atoms with Gasteiger partial charge in [-0.3, -0.25) is 0 Å². The Hall–Kier alpha value is -1.22. The van der Waals surface area contributed by atoms with Crippen molar-refractivity contribution >= 4 is 17.7 Å². The van der Waals surface area contributed by atoms with Crippen molar-refractivity contribution in [3.8, 4) is 0 Å². The molecule has 0 bridgehead atoms. The highest BCUT2D eigenvalue weighted by Gasteiger charge is 2.25. The van der Waals surface area contributed by atoms with Crippen LogP contribution in [0.4, 0.5) is 4.79 Å². The van der Waals surface area contributed by atoms with Crippen molar-refractivity contribution in [3.05, 3.63) is 34.9 Å². The second-order valence-electron chi connectivity index (χ2n) is 5.39. The quantitative estimate of drug-likeness (QED) is 0.882. The van der Waals surface area contributed by atoms with Crippen molar-refractivity contribution < 1.29 is 9.53 Å². The van der Waals surface area contributed by atoms with Gasteiger partial charge in [-0.05, 0) is 25.0 Å². The fraction of sp³-hybridized carbons (Fsp3) is 0.533. The molecule has 1 N–H and O–H groups in total. The average molecular weight is 284 g/mol. The number of alkyl carbamates (subject to hydrolysis) is 1. The van der Waals surface area contributed by atoms with E-state index in [2.05, 4.69) is 5.32 Å². The van der Waals surface area contributed by atoms with Gasteiger partial charge in [0.15, 0.2) is 0 Å². The van der Waals surface area contributed by atoms with Crippen molar-refractivity contribution in [2.45, 2.75) is 45.6 Å². The van der Waals surface area contributed by atoms with Crippen molar-refractivity contribution in [2.24, 2.45) is 0 Å². The Bertz CT molecular complexity index is 432. The molecule has 1 aromatic rings. The topological polar surface area (TPSA) is 38.3 Å². The molecule has 3 nitrogen and oxygen atoms in total. The maximum absolute atomic E-state index is 11.6. The summed E-state index contributed by atoms with van der Waals surface area (Å²) in [7, 11) is 0. The lowest BCUT2D eigenvalue weighted by Crippen LogP contribution is -2.36. The number of carbonyl (C=O) groups is 1. The monoisotopic (exact) mass is 283 g/mol. The van der Waals surface area contributed by atoms with Crippen molar-refractivity contribution in [1.29, 1.82) is 0 Å². The molecule has 1 amide bonds. The fourth-order valence-corrected chi connectivity index (χ4v) is 2.07. The van der Waals surface area contributed by atoms with Gasteiger partial charge in [-0.25, -0.2) is 4.79 Å². The number of halogens is 1. The van der Waals surface area contributed by atoms with Crippen molar-refractivity contribution in [3.63, 3.8) is 0 Å². The van der Waals surface area contributed by atoms with E-state index >= 15 is 0 Å². The van der Waals surface area contributed by atoms with Crippen molar-refractivity contribution in [2.75, 3.05) is 6.61 Å². The lowest BCUT2D eigenvalue weighted by Gasteiger charge is -2.26. The summed E-state index contributed by atoms with van der Waals surface area (Å²) in [6, 6.07) is 7.74. The van der Waals surface area contributed by atoms with E-state index in [-0.39, 0.29) is 17.6 Å². The van der Waals surface area contributed by atoms with Gasteiger partial charge in [-0.2, -0.15) is 0 Å². The molecule has 0 heterocycles. The van der Waals surface area contributed by atoms with Gasteiger partial charge in [0.05, 0.1) is 0 Å². The summed E-state index contributed by atoms with van der Waals surface area (Å²) >= 11 is 6.17. The average Bonchev–Trinajstić information content (AvgIpc) is 2.36. The Labute approximate surface area is 120 Å². The van der Waals surface area contributed by atoms with Gasteiger partial charge in [-0.1, -0.05) is 50.6 Å². The first-order valence-electron chi connectivity index (χ1n) is 6.55. The van der Waals surface area contributed by atoms with Gasteiger partial charge in [0, 0.05) is 16.5 Å². The Morgan fingerprint density at radius 2 is 2.05 bits per heavy atom. The molecule has 0 radical (unpaired) electrons. The highest BCUT2D eigenvalue weighted by molar-refractivity contribution is 6.31. The first-order valence-corrected chi connectivity index (χ1v) is 6.93. The third kappa shape index (κ3) is 4.75. The number of hydrogen-bond donors (Lipinski definition) is 1. The van der Waals surface area contributed by atoms with Gasteiger partial charge < -0.3 is 10.1 Å². The summed E-state index contributed by atoms with van der Waals surface area (Å²) in [6.45, 7) is 8.26. The number of rotatable bonds is 5. The van der Waals surface area contributed by atoms with E-state index in [4.69, 9.17) is 16.3 Å². The molecule has 0 aliphatic carbocycles. The van der Waals surface area contributed by atoms with E-state index in [9.17, 15) is 4.79 Å². The second kappa shape index (κ2) is 6.80. The molecule has 1 rings (SSSR count). The SMILES string of the molecule is CCC(C)NC(=O)OCC(C)(C)c1ccccc1Cl. The number of benzene rings is 1. The normalized spacial score (nSPS) is 12.9. The molecule has 0 spiro atoms. The lowest BCUT2D eigenvalue weighted by molar-refractivity contribution is 0.120. The van der Waals surface area contributed by atoms with Crippen LogP contribution in [0.3, 0.4) is 0 Å². The Balaban J connectivity index is 2.61. The molecule has 0 aliphatic rings. The Morgan fingerprint density at radius 3 is 2.63 bits per heavy atom. The van der Waals surface area contributed by atoms with E-state index < -0.39 is 0 Å². The minimum atomic E-state index is -0.380. The van der Waals surface area contributed by atoms with Crippen LogP contribution in [0, 0.1) is 0 Å². The molecule has 4 heteroatoms. The lowest BCUT2D eigenvalue weighted by atomic mass is 9.85.